The molecular formula is C24H23N3O5. The molecule has 3 aromatic rings. The van der Waals surface area contributed by atoms with Crippen molar-refractivity contribution < 1.29 is 24.2 Å². The fourth-order valence-corrected chi connectivity index (χ4v) is 3.63. The first-order valence-electron chi connectivity index (χ1n) is 10.1. The highest BCUT2D eigenvalue weighted by atomic mass is 16.7. The number of carbonyl (C=O) groups excluding carboxylic acids is 2. The van der Waals surface area contributed by atoms with Crippen molar-refractivity contribution in [1.29, 1.82) is 0 Å². The number of phenolic OH excluding ortho intramolecular Hbond substituents is 1. The number of imide groups is 1. The molecule has 0 bridgehead atoms. The number of aryl methyl sites for hydroxylation is 1. The van der Waals surface area contributed by atoms with Crippen molar-refractivity contribution in [2.45, 2.75) is 20.0 Å². The van der Waals surface area contributed by atoms with Crippen molar-refractivity contribution in [2.24, 2.45) is 0 Å². The van der Waals surface area contributed by atoms with Crippen molar-refractivity contribution >= 4 is 17.5 Å². The minimum Gasteiger partial charge on any atom is -0.508 e. The Kier molecular flexibility index (Phi) is 6.04. The van der Waals surface area contributed by atoms with E-state index in [0.717, 1.165) is 11.3 Å². The highest BCUT2D eigenvalue weighted by Gasteiger charge is 2.36. The third-order valence-corrected chi connectivity index (χ3v) is 5.27. The van der Waals surface area contributed by atoms with Gasteiger partial charge in [-0.2, -0.15) is 0 Å². The zero-order valence-corrected chi connectivity index (χ0v) is 17.8. The average Bonchev–Trinajstić information content (AvgIpc) is 3.04. The van der Waals surface area contributed by atoms with E-state index in [1.165, 1.54) is 12.0 Å². The molecule has 0 unspecified atom stereocenters. The summed E-state index contributed by atoms with van der Waals surface area (Å²) in [6.07, 6.45) is 1.70. The van der Waals surface area contributed by atoms with Gasteiger partial charge in [0, 0.05) is 31.1 Å². The molecule has 32 heavy (non-hydrogen) atoms. The molecule has 2 N–H and O–H groups in total. The maximum atomic E-state index is 12.9. The first-order chi connectivity index (χ1) is 15.5. The number of fused-ring (bicyclic) bond motifs is 1. The molecule has 8 nitrogen and oxygen atoms in total. The summed E-state index contributed by atoms with van der Waals surface area (Å²) in [6.45, 7) is 2.22. The van der Waals surface area contributed by atoms with Crippen LogP contribution in [0.15, 0.2) is 54.7 Å². The van der Waals surface area contributed by atoms with Crippen LogP contribution in [0, 0.1) is 6.92 Å². The number of phenols is 1. The summed E-state index contributed by atoms with van der Waals surface area (Å²) in [4.78, 5) is 31.5. The van der Waals surface area contributed by atoms with Gasteiger partial charge in [0.1, 0.15) is 11.5 Å². The lowest BCUT2D eigenvalue weighted by Gasteiger charge is -2.21. The van der Waals surface area contributed by atoms with Crippen LogP contribution in [-0.4, -0.2) is 40.7 Å². The summed E-state index contributed by atoms with van der Waals surface area (Å²) >= 11 is 0. The average molecular weight is 433 g/mol. The summed E-state index contributed by atoms with van der Waals surface area (Å²) in [5.74, 6) is -0.0204. The van der Waals surface area contributed by atoms with E-state index >= 15 is 0 Å². The van der Waals surface area contributed by atoms with E-state index in [1.54, 1.807) is 61.7 Å². The van der Waals surface area contributed by atoms with Crippen molar-refractivity contribution in [3.8, 4) is 11.5 Å². The molecule has 2 heterocycles. The third kappa shape index (κ3) is 4.13. The van der Waals surface area contributed by atoms with Crippen LogP contribution >= 0.6 is 0 Å². The number of nitrogens with one attached hydrogen (secondary N) is 1. The van der Waals surface area contributed by atoms with Gasteiger partial charge in [-0.15, -0.1) is 0 Å². The number of hydrogen-bond acceptors (Lipinski definition) is 7. The molecule has 0 fully saturated rings. The Morgan fingerprint density at radius 3 is 2.31 bits per heavy atom. The third-order valence-electron chi connectivity index (χ3n) is 5.27. The number of aromatic hydroxyl groups is 1. The predicted molar refractivity (Wildman–Crippen MR) is 118 cm³/mol. The molecular weight excluding hydrogens is 410 g/mol. The quantitative estimate of drug-likeness (QED) is 0.319. The van der Waals surface area contributed by atoms with Crippen LogP contribution in [0.1, 0.15) is 37.5 Å². The van der Waals surface area contributed by atoms with Crippen LogP contribution in [0.4, 0.5) is 5.69 Å². The van der Waals surface area contributed by atoms with Crippen LogP contribution in [0.3, 0.4) is 0 Å². The lowest BCUT2D eigenvalue weighted by molar-refractivity contribution is 0.0484. The molecule has 0 spiro atoms. The van der Waals surface area contributed by atoms with Crippen molar-refractivity contribution in [1.82, 2.24) is 9.88 Å². The number of carbonyl (C=O) groups is 2. The second-order valence-electron chi connectivity index (χ2n) is 7.37. The molecule has 1 aliphatic heterocycles. The van der Waals surface area contributed by atoms with Gasteiger partial charge in [-0.3, -0.25) is 19.5 Å². The number of anilines is 1. The molecule has 0 atom stereocenters. The zero-order valence-electron chi connectivity index (χ0n) is 17.8. The van der Waals surface area contributed by atoms with Gasteiger partial charge < -0.3 is 19.9 Å². The van der Waals surface area contributed by atoms with Gasteiger partial charge in [0.05, 0.1) is 23.4 Å². The highest BCUT2D eigenvalue weighted by molar-refractivity contribution is 6.21. The summed E-state index contributed by atoms with van der Waals surface area (Å²) in [7, 11) is 1.52. The number of rotatable bonds is 8. The zero-order chi connectivity index (χ0) is 22.7. The Hall–Kier alpha value is -3.91. The molecule has 0 radical (unpaired) electrons. The van der Waals surface area contributed by atoms with E-state index in [0.29, 0.717) is 34.7 Å². The minimum absolute atomic E-state index is 0.00643. The fourth-order valence-electron chi connectivity index (χ4n) is 3.63. The van der Waals surface area contributed by atoms with E-state index in [-0.39, 0.29) is 30.9 Å². The van der Waals surface area contributed by atoms with Gasteiger partial charge in [0.25, 0.3) is 11.8 Å². The summed E-state index contributed by atoms with van der Waals surface area (Å²) in [5.41, 5.74) is 3.66. The van der Waals surface area contributed by atoms with Gasteiger partial charge in [-0.1, -0.05) is 12.1 Å². The highest BCUT2D eigenvalue weighted by Crippen LogP contribution is 2.31. The van der Waals surface area contributed by atoms with Gasteiger partial charge in [-0.25, -0.2) is 0 Å². The van der Waals surface area contributed by atoms with Gasteiger partial charge in [0.15, 0.2) is 6.79 Å². The molecule has 4 rings (SSSR count). The van der Waals surface area contributed by atoms with Crippen LogP contribution in [0.5, 0.6) is 11.5 Å². The van der Waals surface area contributed by atoms with Crippen LogP contribution < -0.4 is 10.1 Å². The maximum absolute atomic E-state index is 12.9. The van der Waals surface area contributed by atoms with E-state index in [1.807, 2.05) is 0 Å². The number of methoxy groups -OCH3 is 1. The van der Waals surface area contributed by atoms with Gasteiger partial charge >= 0.3 is 0 Å². The Balaban J connectivity index is 1.67. The van der Waals surface area contributed by atoms with Crippen LogP contribution in [0.2, 0.25) is 0 Å². The van der Waals surface area contributed by atoms with Crippen molar-refractivity contribution in [3.05, 3.63) is 82.7 Å². The summed E-state index contributed by atoms with van der Waals surface area (Å²) < 4.78 is 10.9. The molecule has 0 saturated heterocycles. The lowest BCUT2D eigenvalue weighted by Crippen LogP contribution is -2.30. The topological polar surface area (TPSA) is 101 Å². The molecule has 2 aromatic carbocycles. The molecule has 1 aromatic heterocycles. The fraction of sp³-hybridized carbons (Fsp3) is 0.208. The number of benzene rings is 2. The Morgan fingerprint density at radius 1 is 1.03 bits per heavy atom. The van der Waals surface area contributed by atoms with E-state index in [2.05, 4.69) is 10.3 Å². The minimum atomic E-state index is -0.338. The molecule has 8 heteroatoms. The molecule has 1 aliphatic rings. The standard InChI is InChI=1S/C24H23N3O5/c1-15-22(32-14-31-2)21(13-27-23(29)19-5-3-4-6-20(19)24(27)30)16(11-25-15)12-26-17-7-9-18(28)10-8-17/h3-11,26,28H,12-14H2,1-2H3. The van der Waals surface area contributed by atoms with Gasteiger partial charge in [-0.05, 0) is 48.9 Å². The molecule has 0 aliphatic carbocycles. The van der Waals surface area contributed by atoms with E-state index < -0.39 is 0 Å². The van der Waals surface area contributed by atoms with Crippen LogP contribution in [-0.2, 0) is 17.8 Å². The number of amides is 2. The number of aromatic nitrogens is 1. The van der Waals surface area contributed by atoms with Crippen molar-refractivity contribution in [3.63, 3.8) is 0 Å². The lowest BCUT2D eigenvalue weighted by atomic mass is 10.1. The first-order valence-corrected chi connectivity index (χ1v) is 10.1. The van der Waals surface area contributed by atoms with Crippen LogP contribution in [0.25, 0.3) is 0 Å². The Labute approximate surface area is 185 Å². The Bertz CT molecular complexity index is 1130. The summed E-state index contributed by atoms with van der Waals surface area (Å²) in [6, 6.07) is 13.5. The number of pyridine rings is 1. The molecule has 164 valence electrons. The second-order valence-corrected chi connectivity index (χ2v) is 7.37. The Morgan fingerprint density at radius 2 is 1.69 bits per heavy atom. The monoisotopic (exact) mass is 433 g/mol. The number of hydrogen-bond donors (Lipinski definition) is 2. The maximum Gasteiger partial charge on any atom is 0.261 e. The van der Waals surface area contributed by atoms with E-state index in [9.17, 15) is 14.7 Å². The largest absolute Gasteiger partial charge is 0.508 e. The second kappa shape index (κ2) is 9.07. The number of nitrogens with zero attached hydrogens (tertiary/aromatic N) is 2. The summed E-state index contributed by atoms with van der Waals surface area (Å²) in [5, 5.41) is 12.8. The molecule has 2 amide bonds. The SMILES string of the molecule is COCOc1c(C)ncc(CNc2ccc(O)cc2)c1CN1C(=O)c2ccccc2C1=O. The smallest absolute Gasteiger partial charge is 0.261 e. The predicted octanol–water partition coefficient (Wildman–Crippen LogP) is 3.49. The van der Waals surface area contributed by atoms with Crippen molar-refractivity contribution in [2.75, 3.05) is 19.2 Å². The number of ether oxygens (including phenoxy) is 2. The first kappa shape index (κ1) is 21.3. The van der Waals surface area contributed by atoms with Gasteiger partial charge in [0.2, 0.25) is 0 Å². The normalized spacial score (nSPS) is 12.8. The van der Waals surface area contributed by atoms with E-state index in [4.69, 9.17) is 9.47 Å². The molecule has 0 saturated carbocycles.